The molecule has 3 nitrogen and oxygen atoms in total. The first kappa shape index (κ1) is 11.1. The Morgan fingerprint density at radius 1 is 1.50 bits per heavy atom. The van der Waals surface area contributed by atoms with E-state index in [2.05, 4.69) is 4.74 Å². The van der Waals surface area contributed by atoms with Gasteiger partial charge in [0.25, 0.3) is 0 Å². The summed E-state index contributed by atoms with van der Waals surface area (Å²) in [5, 5.41) is 9.01. The molecular formula is C10H12O3S. The predicted octanol–water partition coefficient (Wildman–Crippen LogP) is 1.44. The molecule has 0 fully saturated rings. The van der Waals surface area contributed by atoms with Crippen LogP contribution in [0.5, 0.6) is 0 Å². The SMILES string of the molecule is COC(=O)CSc1ccccc1CO. The monoisotopic (exact) mass is 212 g/mol. The van der Waals surface area contributed by atoms with Crippen LogP contribution in [0.15, 0.2) is 29.2 Å². The Morgan fingerprint density at radius 3 is 2.86 bits per heavy atom. The van der Waals surface area contributed by atoms with Crippen molar-refractivity contribution in [2.75, 3.05) is 12.9 Å². The smallest absolute Gasteiger partial charge is 0.315 e. The first-order valence-electron chi connectivity index (χ1n) is 4.16. The zero-order valence-electron chi connectivity index (χ0n) is 7.90. The number of methoxy groups -OCH3 is 1. The van der Waals surface area contributed by atoms with E-state index >= 15 is 0 Å². The summed E-state index contributed by atoms with van der Waals surface area (Å²) in [4.78, 5) is 11.8. The molecule has 0 unspecified atom stereocenters. The standard InChI is InChI=1S/C10H12O3S/c1-13-10(12)7-14-9-5-3-2-4-8(9)6-11/h2-5,11H,6-7H2,1H3. The molecule has 76 valence electrons. The third-order valence-electron chi connectivity index (χ3n) is 1.72. The lowest BCUT2D eigenvalue weighted by atomic mass is 10.2. The Hall–Kier alpha value is -1.00. The highest BCUT2D eigenvalue weighted by atomic mass is 32.2. The molecule has 0 aliphatic carbocycles. The Morgan fingerprint density at radius 2 is 2.21 bits per heavy atom. The van der Waals surface area contributed by atoms with Crippen LogP contribution in [0.4, 0.5) is 0 Å². The summed E-state index contributed by atoms with van der Waals surface area (Å²) in [5.74, 6) is 0.00999. The molecule has 1 rings (SSSR count). The van der Waals surface area contributed by atoms with Gasteiger partial charge < -0.3 is 9.84 Å². The van der Waals surface area contributed by atoms with Crippen LogP contribution in [0.25, 0.3) is 0 Å². The number of benzene rings is 1. The van der Waals surface area contributed by atoms with Gasteiger partial charge in [-0.05, 0) is 11.6 Å². The molecule has 1 aromatic rings. The molecule has 0 spiro atoms. The van der Waals surface area contributed by atoms with Crippen molar-refractivity contribution in [2.45, 2.75) is 11.5 Å². The van der Waals surface area contributed by atoms with E-state index in [1.807, 2.05) is 24.3 Å². The number of carbonyl (C=O) groups is 1. The van der Waals surface area contributed by atoms with E-state index in [0.29, 0.717) is 0 Å². The fraction of sp³-hybridized carbons (Fsp3) is 0.300. The topological polar surface area (TPSA) is 46.5 Å². The summed E-state index contributed by atoms with van der Waals surface area (Å²) in [6.45, 7) is -0.00958. The molecule has 1 aromatic carbocycles. The summed E-state index contributed by atoms with van der Waals surface area (Å²) in [5.41, 5.74) is 0.835. The molecule has 0 heterocycles. The fourth-order valence-corrected chi connectivity index (χ4v) is 1.85. The van der Waals surface area contributed by atoms with E-state index in [0.717, 1.165) is 10.5 Å². The minimum absolute atomic E-state index is 0.00958. The van der Waals surface area contributed by atoms with Gasteiger partial charge in [0.2, 0.25) is 0 Å². The minimum Gasteiger partial charge on any atom is -0.468 e. The number of hydrogen-bond donors (Lipinski definition) is 1. The van der Waals surface area contributed by atoms with Crippen LogP contribution in [0.2, 0.25) is 0 Å². The zero-order valence-corrected chi connectivity index (χ0v) is 8.71. The fourth-order valence-electron chi connectivity index (χ4n) is 0.971. The largest absolute Gasteiger partial charge is 0.468 e. The van der Waals surface area contributed by atoms with Gasteiger partial charge in [-0.1, -0.05) is 18.2 Å². The summed E-state index contributed by atoms with van der Waals surface area (Å²) >= 11 is 1.37. The molecule has 0 saturated carbocycles. The Kier molecular flexibility index (Phi) is 4.49. The quantitative estimate of drug-likeness (QED) is 0.606. The van der Waals surface area contributed by atoms with Crippen LogP contribution in [-0.2, 0) is 16.1 Å². The van der Waals surface area contributed by atoms with Gasteiger partial charge >= 0.3 is 5.97 Å². The van der Waals surface area contributed by atoms with Crippen LogP contribution >= 0.6 is 11.8 Å². The lowest BCUT2D eigenvalue weighted by molar-refractivity contribution is -0.137. The molecule has 1 N–H and O–H groups in total. The summed E-state index contributed by atoms with van der Waals surface area (Å²) in [6.07, 6.45) is 0. The van der Waals surface area contributed by atoms with Crippen molar-refractivity contribution in [3.63, 3.8) is 0 Å². The second-order valence-corrected chi connectivity index (χ2v) is 3.65. The Labute approximate surface area is 87.1 Å². The van der Waals surface area contributed by atoms with Crippen molar-refractivity contribution in [1.82, 2.24) is 0 Å². The Bertz CT molecular complexity index is 312. The maximum Gasteiger partial charge on any atom is 0.315 e. The van der Waals surface area contributed by atoms with E-state index in [1.54, 1.807) is 0 Å². The normalized spacial score (nSPS) is 9.86. The molecule has 0 aliphatic rings. The van der Waals surface area contributed by atoms with Crippen molar-refractivity contribution in [3.05, 3.63) is 29.8 Å². The van der Waals surface area contributed by atoms with Gasteiger partial charge in [0.05, 0.1) is 19.5 Å². The van der Waals surface area contributed by atoms with Gasteiger partial charge in [0.15, 0.2) is 0 Å². The van der Waals surface area contributed by atoms with E-state index in [4.69, 9.17) is 5.11 Å². The van der Waals surface area contributed by atoms with E-state index in [9.17, 15) is 4.79 Å². The summed E-state index contributed by atoms with van der Waals surface area (Å²) in [6, 6.07) is 7.44. The van der Waals surface area contributed by atoms with Crippen molar-refractivity contribution >= 4 is 17.7 Å². The van der Waals surface area contributed by atoms with Crippen LogP contribution in [0.3, 0.4) is 0 Å². The number of esters is 1. The number of carbonyl (C=O) groups excluding carboxylic acids is 1. The molecule has 0 aliphatic heterocycles. The number of aliphatic hydroxyl groups excluding tert-OH is 1. The highest BCUT2D eigenvalue weighted by Gasteiger charge is 2.04. The third-order valence-corrected chi connectivity index (χ3v) is 2.81. The average Bonchev–Trinajstić information content (AvgIpc) is 2.26. The number of ether oxygens (including phenoxy) is 1. The molecule has 14 heavy (non-hydrogen) atoms. The summed E-state index contributed by atoms with van der Waals surface area (Å²) < 4.78 is 4.52. The maximum absolute atomic E-state index is 10.9. The van der Waals surface area contributed by atoms with Crippen molar-refractivity contribution in [2.24, 2.45) is 0 Å². The molecule has 0 bridgehead atoms. The molecule has 0 radical (unpaired) electrons. The van der Waals surface area contributed by atoms with Gasteiger partial charge in [-0.3, -0.25) is 4.79 Å². The highest BCUT2D eigenvalue weighted by molar-refractivity contribution is 8.00. The maximum atomic E-state index is 10.9. The van der Waals surface area contributed by atoms with Crippen molar-refractivity contribution in [3.8, 4) is 0 Å². The second-order valence-electron chi connectivity index (χ2n) is 2.63. The number of aliphatic hydroxyl groups is 1. The van der Waals surface area contributed by atoms with Gasteiger partial charge in [-0.25, -0.2) is 0 Å². The van der Waals surface area contributed by atoms with E-state index < -0.39 is 0 Å². The molecule has 0 atom stereocenters. The van der Waals surface area contributed by atoms with Crippen LogP contribution < -0.4 is 0 Å². The van der Waals surface area contributed by atoms with Crippen LogP contribution in [-0.4, -0.2) is 23.9 Å². The van der Waals surface area contributed by atoms with Crippen LogP contribution in [0, 0.1) is 0 Å². The average molecular weight is 212 g/mol. The number of rotatable bonds is 4. The predicted molar refractivity (Wildman–Crippen MR) is 55.1 cm³/mol. The summed E-state index contributed by atoms with van der Waals surface area (Å²) in [7, 11) is 1.36. The molecular weight excluding hydrogens is 200 g/mol. The minimum atomic E-state index is -0.261. The first-order valence-corrected chi connectivity index (χ1v) is 5.15. The lowest BCUT2D eigenvalue weighted by Crippen LogP contribution is -2.03. The van der Waals surface area contributed by atoms with Gasteiger partial charge in [0.1, 0.15) is 0 Å². The first-order chi connectivity index (χ1) is 6.77. The van der Waals surface area contributed by atoms with Crippen molar-refractivity contribution < 1.29 is 14.6 Å². The number of thioether (sulfide) groups is 1. The van der Waals surface area contributed by atoms with Crippen LogP contribution in [0.1, 0.15) is 5.56 Å². The van der Waals surface area contributed by atoms with Gasteiger partial charge in [-0.15, -0.1) is 11.8 Å². The van der Waals surface area contributed by atoms with E-state index in [1.165, 1.54) is 18.9 Å². The molecule has 0 amide bonds. The van der Waals surface area contributed by atoms with E-state index in [-0.39, 0.29) is 18.3 Å². The van der Waals surface area contributed by atoms with Gasteiger partial charge in [0, 0.05) is 4.90 Å². The lowest BCUT2D eigenvalue weighted by Gasteiger charge is -2.05. The second kappa shape index (κ2) is 5.67. The molecule has 4 heteroatoms. The zero-order chi connectivity index (χ0) is 10.4. The Balaban J connectivity index is 2.61. The third kappa shape index (κ3) is 3.05. The highest BCUT2D eigenvalue weighted by Crippen LogP contribution is 2.22. The van der Waals surface area contributed by atoms with Crippen molar-refractivity contribution in [1.29, 1.82) is 0 Å². The number of hydrogen-bond acceptors (Lipinski definition) is 4. The molecule has 0 aromatic heterocycles. The molecule has 0 saturated heterocycles. The van der Waals surface area contributed by atoms with Gasteiger partial charge in [-0.2, -0.15) is 0 Å².